The molecule has 0 aliphatic rings. The quantitative estimate of drug-likeness (QED) is 0.357. The molecule has 0 aromatic heterocycles. The maximum absolute atomic E-state index is 11.6. The van der Waals surface area contributed by atoms with E-state index in [-0.39, 0.29) is 18.0 Å². The molecule has 0 radical (unpaired) electrons. The van der Waals surface area contributed by atoms with E-state index in [9.17, 15) is 9.59 Å². The summed E-state index contributed by atoms with van der Waals surface area (Å²) >= 11 is 0. The molecule has 0 saturated heterocycles. The molecule has 0 fully saturated rings. The molecule has 23 heavy (non-hydrogen) atoms. The summed E-state index contributed by atoms with van der Waals surface area (Å²) in [5.41, 5.74) is 0.159. The zero-order valence-corrected chi connectivity index (χ0v) is 13.8. The van der Waals surface area contributed by atoms with Gasteiger partial charge in [-0.25, -0.2) is 4.79 Å². The minimum atomic E-state index is -1.01. The van der Waals surface area contributed by atoms with Gasteiger partial charge in [0.1, 0.15) is 5.75 Å². The van der Waals surface area contributed by atoms with Crippen LogP contribution in [0.1, 0.15) is 62.2 Å². The third kappa shape index (κ3) is 8.98. The Hall–Kier alpha value is -1.88. The average molecular weight is 322 g/mol. The van der Waals surface area contributed by atoms with Crippen molar-refractivity contribution >= 4 is 11.9 Å². The van der Waals surface area contributed by atoms with Gasteiger partial charge in [0.25, 0.3) is 0 Å². The third-order valence-electron chi connectivity index (χ3n) is 3.43. The van der Waals surface area contributed by atoms with Gasteiger partial charge in [-0.2, -0.15) is 0 Å². The van der Waals surface area contributed by atoms with Crippen molar-refractivity contribution in [2.45, 2.75) is 51.9 Å². The van der Waals surface area contributed by atoms with Gasteiger partial charge in [-0.3, -0.25) is 4.79 Å². The highest BCUT2D eigenvalue weighted by Gasteiger charge is 2.07. The molecule has 5 heteroatoms. The van der Waals surface area contributed by atoms with Gasteiger partial charge >= 0.3 is 11.9 Å². The lowest BCUT2D eigenvalue weighted by atomic mass is 10.1. The Morgan fingerprint density at radius 3 is 2.26 bits per heavy atom. The van der Waals surface area contributed by atoms with Gasteiger partial charge in [0, 0.05) is 6.61 Å². The van der Waals surface area contributed by atoms with Crippen LogP contribution in [0, 0.1) is 0 Å². The van der Waals surface area contributed by atoms with Crippen molar-refractivity contribution in [3.8, 4) is 5.75 Å². The van der Waals surface area contributed by atoms with E-state index in [1.807, 2.05) is 0 Å². The molecule has 128 valence electrons. The van der Waals surface area contributed by atoms with E-state index >= 15 is 0 Å². The lowest BCUT2D eigenvalue weighted by Gasteiger charge is -2.06. The Kier molecular flexibility index (Phi) is 9.71. The molecule has 0 spiro atoms. The summed E-state index contributed by atoms with van der Waals surface area (Å²) in [4.78, 5) is 22.3. The number of benzene rings is 1. The van der Waals surface area contributed by atoms with Crippen LogP contribution in [-0.2, 0) is 9.53 Å². The normalized spacial score (nSPS) is 10.5. The second-order valence-corrected chi connectivity index (χ2v) is 5.43. The average Bonchev–Trinajstić information content (AvgIpc) is 2.54. The van der Waals surface area contributed by atoms with E-state index in [4.69, 9.17) is 14.6 Å². The van der Waals surface area contributed by atoms with Crippen molar-refractivity contribution in [1.82, 2.24) is 0 Å². The third-order valence-corrected chi connectivity index (χ3v) is 3.43. The lowest BCUT2D eigenvalue weighted by Crippen LogP contribution is -2.11. The first kappa shape index (κ1) is 19.2. The first-order valence-electron chi connectivity index (χ1n) is 8.25. The van der Waals surface area contributed by atoms with E-state index in [0.717, 1.165) is 6.42 Å². The van der Waals surface area contributed by atoms with Crippen LogP contribution in [0.3, 0.4) is 0 Å². The summed E-state index contributed by atoms with van der Waals surface area (Å²) in [6.45, 7) is 3.22. The summed E-state index contributed by atoms with van der Waals surface area (Å²) in [5.74, 6) is -1.04. The summed E-state index contributed by atoms with van der Waals surface area (Å²) in [6, 6.07) is 5.75. The Bertz CT molecular complexity index is 467. The largest absolute Gasteiger partial charge is 0.478 e. The van der Waals surface area contributed by atoms with Gasteiger partial charge in [0.15, 0.2) is 0 Å². The molecular formula is C18H26O5. The van der Waals surface area contributed by atoms with E-state index in [1.165, 1.54) is 56.4 Å². The van der Waals surface area contributed by atoms with Gasteiger partial charge in [0.2, 0.25) is 0 Å². The van der Waals surface area contributed by atoms with Crippen LogP contribution in [0.15, 0.2) is 24.3 Å². The highest BCUT2D eigenvalue weighted by Crippen LogP contribution is 2.13. The second kappa shape index (κ2) is 11.7. The summed E-state index contributed by atoms with van der Waals surface area (Å²) in [5, 5.41) is 8.78. The van der Waals surface area contributed by atoms with Crippen LogP contribution < -0.4 is 4.74 Å². The smallest absolute Gasteiger partial charge is 0.335 e. The van der Waals surface area contributed by atoms with Gasteiger partial charge in [-0.15, -0.1) is 0 Å². The van der Waals surface area contributed by atoms with E-state index in [2.05, 4.69) is 6.92 Å². The molecular weight excluding hydrogens is 296 g/mol. The Labute approximate surface area is 137 Å². The van der Waals surface area contributed by atoms with Gasteiger partial charge in [-0.05, 0) is 30.7 Å². The van der Waals surface area contributed by atoms with Gasteiger partial charge in [-0.1, -0.05) is 39.0 Å². The van der Waals surface area contributed by atoms with Gasteiger partial charge in [0.05, 0.1) is 18.6 Å². The number of hydrogen-bond donors (Lipinski definition) is 1. The van der Waals surface area contributed by atoms with Crippen molar-refractivity contribution in [1.29, 1.82) is 0 Å². The number of carboxylic acids is 1. The fraction of sp³-hybridized carbons (Fsp3) is 0.556. The maximum atomic E-state index is 11.6. The number of rotatable bonds is 12. The second-order valence-electron chi connectivity index (χ2n) is 5.43. The lowest BCUT2D eigenvalue weighted by molar-refractivity contribution is -0.135. The first-order valence-corrected chi connectivity index (χ1v) is 8.25. The number of esters is 1. The predicted molar refractivity (Wildman–Crippen MR) is 87.8 cm³/mol. The minimum Gasteiger partial charge on any atom is -0.478 e. The molecule has 1 aromatic rings. The number of aromatic carboxylic acids is 1. The highest BCUT2D eigenvalue weighted by atomic mass is 16.5. The van der Waals surface area contributed by atoms with E-state index < -0.39 is 5.97 Å². The van der Waals surface area contributed by atoms with Crippen LogP contribution in [0.25, 0.3) is 0 Å². The predicted octanol–water partition coefficient (Wildman–Crippen LogP) is 4.06. The van der Waals surface area contributed by atoms with Crippen LogP contribution >= 0.6 is 0 Å². The summed E-state index contributed by atoms with van der Waals surface area (Å²) in [7, 11) is 0. The minimum absolute atomic E-state index is 0.159. The first-order chi connectivity index (χ1) is 11.1. The zero-order chi connectivity index (χ0) is 16.9. The maximum Gasteiger partial charge on any atom is 0.335 e. The Morgan fingerprint density at radius 2 is 1.61 bits per heavy atom. The SMILES string of the molecule is CCCCCCCCOCCC(=O)Oc1ccc(C(=O)O)cc1. The fourth-order valence-electron chi connectivity index (χ4n) is 2.09. The fourth-order valence-corrected chi connectivity index (χ4v) is 2.09. The van der Waals surface area contributed by atoms with Crippen LogP contribution in [0.5, 0.6) is 5.75 Å². The highest BCUT2D eigenvalue weighted by molar-refractivity contribution is 5.87. The standard InChI is InChI=1S/C18H26O5/c1-2-3-4-5-6-7-13-22-14-12-17(19)23-16-10-8-15(9-11-16)18(20)21/h8-11H,2-7,12-14H2,1H3,(H,20,21). The van der Waals surface area contributed by atoms with Crippen molar-refractivity contribution in [3.63, 3.8) is 0 Å². The van der Waals surface area contributed by atoms with Crippen molar-refractivity contribution in [2.75, 3.05) is 13.2 Å². The number of ether oxygens (including phenoxy) is 2. The molecule has 1 aromatic carbocycles. The van der Waals surface area contributed by atoms with E-state index in [1.54, 1.807) is 0 Å². The zero-order valence-electron chi connectivity index (χ0n) is 13.8. The number of carbonyl (C=O) groups excluding carboxylic acids is 1. The number of unbranched alkanes of at least 4 members (excludes halogenated alkanes) is 5. The Morgan fingerprint density at radius 1 is 0.957 bits per heavy atom. The van der Waals surface area contributed by atoms with Crippen LogP contribution in [-0.4, -0.2) is 30.3 Å². The Balaban J connectivity index is 2.07. The topological polar surface area (TPSA) is 72.8 Å². The molecule has 1 rings (SSSR count). The summed E-state index contributed by atoms with van der Waals surface area (Å²) < 4.78 is 10.5. The molecule has 0 atom stereocenters. The molecule has 0 aliphatic heterocycles. The van der Waals surface area contributed by atoms with Crippen molar-refractivity contribution < 1.29 is 24.2 Å². The molecule has 1 N–H and O–H groups in total. The van der Waals surface area contributed by atoms with Crippen molar-refractivity contribution in [2.24, 2.45) is 0 Å². The van der Waals surface area contributed by atoms with Gasteiger partial charge < -0.3 is 14.6 Å². The van der Waals surface area contributed by atoms with Crippen LogP contribution in [0.2, 0.25) is 0 Å². The molecule has 0 saturated carbocycles. The van der Waals surface area contributed by atoms with Crippen LogP contribution in [0.4, 0.5) is 0 Å². The molecule has 0 unspecified atom stereocenters. The van der Waals surface area contributed by atoms with Crippen molar-refractivity contribution in [3.05, 3.63) is 29.8 Å². The molecule has 0 aliphatic carbocycles. The number of carboxylic acid groups (broad SMARTS) is 1. The molecule has 0 amide bonds. The molecule has 5 nitrogen and oxygen atoms in total. The molecule has 0 heterocycles. The summed E-state index contributed by atoms with van der Waals surface area (Å²) in [6.07, 6.45) is 7.44. The van der Waals surface area contributed by atoms with E-state index in [0.29, 0.717) is 19.0 Å². The monoisotopic (exact) mass is 322 g/mol. The molecule has 0 bridgehead atoms. The number of hydrogen-bond acceptors (Lipinski definition) is 4. The number of carbonyl (C=O) groups is 2.